The third kappa shape index (κ3) is 10.2. The Balaban J connectivity index is 0.00000166. The monoisotopic (exact) mass is 799 g/mol. The minimum atomic E-state index is -1.08. The molecule has 5 rings (SSSR count). The van der Waals surface area contributed by atoms with Crippen LogP contribution in [-0.2, 0) is 32.7 Å². The third-order valence-corrected chi connectivity index (χ3v) is 10.0. The number of likely N-dealkylation sites (N-methyl/N-ethyl adjacent to an activating group) is 2. The second-order valence-corrected chi connectivity index (χ2v) is 14.0. The number of halogens is 3. The van der Waals surface area contributed by atoms with Gasteiger partial charge in [-0.2, -0.15) is 5.10 Å². The van der Waals surface area contributed by atoms with E-state index in [-0.39, 0.29) is 51.0 Å². The third-order valence-electron chi connectivity index (χ3n) is 9.71. The first-order chi connectivity index (χ1) is 26.8. The topological polar surface area (TPSA) is 145 Å². The first-order valence-electron chi connectivity index (χ1n) is 18.2. The van der Waals surface area contributed by atoms with Crippen LogP contribution in [0.25, 0.3) is 22.4 Å². The van der Waals surface area contributed by atoms with E-state index in [1.165, 1.54) is 54.2 Å². The normalized spacial score (nSPS) is 12.9. The van der Waals surface area contributed by atoms with Gasteiger partial charge in [-0.15, -0.1) is 0 Å². The fraction of sp³-hybridized carbons (Fsp3) is 0.436. The largest absolute Gasteiger partial charge is 0.471 e. The van der Waals surface area contributed by atoms with E-state index in [0.29, 0.717) is 75.6 Å². The van der Waals surface area contributed by atoms with Crippen molar-refractivity contribution in [3.05, 3.63) is 76.5 Å². The van der Waals surface area contributed by atoms with Crippen LogP contribution in [-0.4, -0.2) is 121 Å². The molecule has 0 aliphatic carbocycles. The SMILES string of the molecule is CCN(CC[NH+](C)C)C(=O)C1CCN(C(=O)c2ccc(NC(=O)c3ncc(-c4ccc(-c5cnn(CCOC)c5C)c(F)c4F)n3C)cc2Cl)CC1.COC=O. The summed E-state index contributed by atoms with van der Waals surface area (Å²) >= 11 is 6.54. The zero-order chi connectivity index (χ0) is 41.1. The summed E-state index contributed by atoms with van der Waals surface area (Å²) in [6.45, 7) is 8.13. The second-order valence-electron chi connectivity index (χ2n) is 13.6. The van der Waals surface area contributed by atoms with Gasteiger partial charge in [0.15, 0.2) is 17.5 Å². The van der Waals surface area contributed by atoms with Crippen LogP contribution in [0.3, 0.4) is 0 Å². The number of nitrogens with zero attached hydrogens (tertiary/aromatic N) is 6. The fourth-order valence-corrected chi connectivity index (χ4v) is 6.70. The maximum Gasteiger partial charge on any atom is 0.292 e. The lowest BCUT2D eigenvalue weighted by atomic mass is 9.94. The number of hydrogen-bond donors (Lipinski definition) is 2. The molecule has 0 saturated carbocycles. The van der Waals surface area contributed by atoms with Crippen LogP contribution in [0.5, 0.6) is 0 Å². The molecule has 17 heteroatoms. The van der Waals surface area contributed by atoms with Gasteiger partial charge in [0.1, 0.15) is 0 Å². The predicted molar refractivity (Wildman–Crippen MR) is 207 cm³/mol. The van der Waals surface area contributed by atoms with Crippen molar-refractivity contribution >= 4 is 41.5 Å². The molecule has 2 aromatic carbocycles. The summed E-state index contributed by atoms with van der Waals surface area (Å²) < 4.78 is 43.0. The van der Waals surface area contributed by atoms with Crippen LogP contribution in [0.1, 0.15) is 46.4 Å². The van der Waals surface area contributed by atoms with Crippen molar-refractivity contribution in [3.63, 3.8) is 0 Å². The summed E-state index contributed by atoms with van der Waals surface area (Å²) in [5.74, 6) is -3.02. The molecule has 3 heterocycles. The number of rotatable bonds is 14. The minimum Gasteiger partial charge on any atom is -0.471 e. The Morgan fingerprint density at radius 1 is 1.05 bits per heavy atom. The maximum absolute atomic E-state index is 15.5. The number of nitrogens with one attached hydrogen (secondary N) is 2. The van der Waals surface area contributed by atoms with E-state index in [2.05, 4.69) is 34.2 Å². The summed E-state index contributed by atoms with van der Waals surface area (Å²) in [7, 11) is 8.53. The molecule has 0 bridgehead atoms. The van der Waals surface area contributed by atoms with Crippen molar-refractivity contribution in [3.8, 4) is 22.4 Å². The molecular weight excluding hydrogens is 750 g/mol. The number of aromatic nitrogens is 4. The second kappa shape index (κ2) is 20.1. The average molecular weight is 800 g/mol. The van der Waals surface area contributed by atoms with Crippen LogP contribution < -0.4 is 10.2 Å². The number of methoxy groups -OCH3 is 2. The number of piperidine rings is 1. The van der Waals surface area contributed by atoms with Gasteiger partial charge in [0.25, 0.3) is 18.3 Å². The number of hydrogen-bond acceptors (Lipinski definition) is 8. The maximum atomic E-state index is 15.5. The van der Waals surface area contributed by atoms with Gasteiger partial charge in [0.2, 0.25) is 5.91 Å². The number of carbonyl (C=O) groups is 4. The molecule has 0 unspecified atom stereocenters. The Hall–Kier alpha value is -5.19. The van der Waals surface area contributed by atoms with Gasteiger partial charge in [-0.3, -0.25) is 23.9 Å². The van der Waals surface area contributed by atoms with Gasteiger partial charge in [-0.05, 0) is 51.0 Å². The summed E-state index contributed by atoms with van der Waals surface area (Å²) in [5, 5.41) is 7.14. The number of likely N-dealkylation sites (tertiary alicyclic amines) is 1. The summed E-state index contributed by atoms with van der Waals surface area (Å²) in [6.07, 6.45) is 3.95. The highest BCUT2D eigenvalue weighted by atomic mass is 35.5. The lowest BCUT2D eigenvalue weighted by Crippen LogP contribution is -3.06. The zero-order valence-electron chi connectivity index (χ0n) is 32.8. The number of quaternary nitrogens is 1. The van der Waals surface area contributed by atoms with Gasteiger partial charge in [0, 0.05) is 67.8 Å². The van der Waals surface area contributed by atoms with Gasteiger partial charge >= 0.3 is 0 Å². The van der Waals surface area contributed by atoms with Crippen molar-refractivity contribution in [1.82, 2.24) is 29.1 Å². The van der Waals surface area contributed by atoms with E-state index < -0.39 is 17.5 Å². The number of carbonyl (C=O) groups excluding carboxylic acids is 4. The average Bonchev–Trinajstić information content (AvgIpc) is 3.76. The van der Waals surface area contributed by atoms with E-state index in [1.54, 1.807) is 35.7 Å². The van der Waals surface area contributed by atoms with Gasteiger partial charge < -0.3 is 34.1 Å². The predicted octanol–water partition coefficient (Wildman–Crippen LogP) is 3.72. The van der Waals surface area contributed by atoms with E-state index >= 15 is 8.78 Å². The fourth-order valence-electron chi connectivity index (χ4n) is 6.43. The smallest absolute Gasteiger partial charge is 0.292 e. The first-order valence-corrected chi connectivity index (χ1v) is 18.6. The lowest BCUT2D eigenvalue weighted by Gasteiger charge is -2.34. The molecule has 56 heavy (non-hydrogen) atoms. The minimum absolute atomic E-state index is 0.0487. The molecule has 4 aromatic rings. The summed E-state index contributed by atoms with van der Waals surface area (Å²) in [4.78, 5) is 57.8. The molecular formula is C39H50ClF2N8O6+. The van der Waals surface area contributed by atoms with Crippen molar-refractivity contribution in [2.45, 2.75) is 33.2 Å². The van der Waals surface area contributed by atoms with Gasteiger partial charge in [-0.25, -0.2) is 13.8 Å². The molecule has 2 N–H and O–H groups in total. The number of anilines is 1. The van der Waals surface area contributed by atoms with Crippen LogP contribution >= 0.6 is 11.6 Å². The molecule has 302 valence electrons. The molecule has 0 radical (unpaired) electrons. The lowest BCUT2D eigenvalue weighted by molar-refractivity contribution is -0.857. The van der Waals surface area contributed by atoms with Crippen molar-refractivity contribution in [1.29, 1.82) is 0 Å². The molecule has 1 aliphatic rings. The molecule has 1 fully saturated rings. The number of amides is 3. The highest BCUT2D eigenvalue weighted by Gasteiger charge is 2.31. The van der Waals surface area contributed by atoms with Crippen LogP contribution in [0.2, 0.25) is 5.02 Å². The number of imidazole rings is 1. The zero-order valence-corrected chi connectivity index (χ0v) is 33.6. The molecule has 2 aromatic heterocycles. The van der Waals surface area contributed by atoms with E-state index in [9.17, 15) is 14.4 Å². The molecule has 0 atom stereocenters. The number of ether oxygens (including phenoxy) is 2. The highest BCUT2D eigenvalue weighted by molar-refractivity contribution is 6.34. The van der Waals surface area contributed by atoms with Crippen molar-refractivity contribution < 1.29 is 42.3 Å². The molecule has 1 saturated heterocycles. The molecule has 14 nitrogen and oxygen atoms in total. The van der Waals surface area contributed by atoms with Gasteiger partial charge in [-0.1, -0.05) is 17.7 Å². The Bertz CT molecular complexity index is 2010. The van der Waals surface area contributed by atoms with Crippen LogP contribution in [0.4, 0.5) is 14.5 Å². The number of benzene rings is 2. The summed E-state index contributed by atoms with van der Waals surface area (Å²) in [5.41, 5.74) is 1.94. The highest BCUT2D eigenvalue weighted by Crippen LogP contribution is 2.33. The molecule has 3 amide bonds. The standard InChI is InChI=1S/C37H45ClF2N8O4.C2H4O2/c1-7-46(17-16-44(3)4)36(50)24-12-14-47(15-13-24)37(51)27-9-8-25(20-30(27)38)43-35(49)34-41-22-31(45(34)5)28-11-10-26(32(39)33(28)40)29-21-42-48(23(29)2)18-19-52-6;1-4-2-3/h8-11,20-22,24H,7,12-19H2,1-6H3,(H,43,49);2H,1H3/p+1. The van der Waals surface area contributed by atoms with E-state index in [0.717, 1.165) is 6.54 Å². The molecule has 0 spiro atoms. The first kappa shape index (κ1) is 43.5. The van der Waals surface area contributed by atoms with Crippen molar-refractivity contribution in [2.24, 2.45) is 13.0 Å². The Kier molecular flexibility index (Phi) is 15.6. The molecule has 1 aliphatic heterocycles. The quantitative estimate of drug-likeness (QED) is 0.184. The van der Waals surface area contributed by atoms with Crippen LogP contribution in [0.15, 0.2) is 42.7 Å². The van der Waals surface area contributed by atoms with Crippen LogP contribution in [0, 0.1) is 24.5 Å². The van der Waals surface area contributed by atoms with Crippen molar-refractivity contribution in [2.75, 3.05) is 73.0 Å². The van der Waals surface area contributed by atoms with Gasteiger partial charge in [0.05, 0.1) is 76.1 Å². The Morgan fingerprint density at radius 2 is 1.71 bits per heavy atom. The Labute approximate surface area is 330 Å². The van der Waals surface area contributed by atoms with E-state index in [4.69, 9.17) is 21.1 Å². The van der Waals surface area contributed by atoms with E-state index in [1.807, 2.05) is 11.8 Å². The Morgan fingerprint density at radius 3 is 2.32 bits per heavy atom. The summed E-state index contributed by atoms with van der Waals surface area (Å²) in [6, 6.07) is 7.52.